The SMILES string of the molecule is CCC(C(=O)OC(C)C)C(C)(C)C. The van der Waals surface area contributed by atoms with Crippen molar-refractivity contribution >= 4 is 5.97 Å². The van der Waals surface area contributed by atoms with Gasteiger partial charge in [0.1, 0.15) is 0 Å². The molecule has 0 aromatic rings. The minimum atomic E-state index is -0.0648. The third-order valence-electron chi connectivity index (χ3n) is 2.09. The summed E-state index contributed by atoms with van der Waals surface area (Å²) in [5.41, 5.74) is 0.000718. The lowest BCUT2D eigenvalue weighted by atomic mass is 9.79. The number of rotatable bonds is 3. The van der Waals surface area contributed by atoms with E-state index in [9.17, 15) is 4.79 Å². The molecule has 0 bridgehead atoms. The molecule has 0 saturated carbocycles. The first-order valence-corrected chi connectivity index (χ1v) is 4.99. The molecule has 0 amide bonds. The fraction of sp³-hybridized carbons (Fsp3) is 0.909. The zero-order valence-electron chi connectivity index (χ0n) is 9.68. The third kappa shape index (κ3) is 4.30. The van der Waals surface area contributed by atoms with Gasteiger partial charge in [0.25, 0.3) is 0 Å². The van der Waals surface area contributed by atoms with E-state index in [1.807, 2.05) is 20.8 Å². The Morgan fingerprint density at radius 1 is 1.31 bits per heavy atom. The Balaban J connectivity index is 4.33. The molecule has 2 nitrogen and oxygen atoms in total. The van der Waals surface area contributed by atoms with Crippen molar-refractivity contribution in [2.24, 2.45) is 11.3 Å². The van der Waals surface area contributed by atoms with Crippen LogP contribution in [0.25, 0.3) is 0 Å². The minimum absolute atomic E-state index is 0.000718. The van der Waals surface area contributed by atoms with Crippen LogP contribution in [0.3, 0.4) is 0 Å². The minimum Gasteiger partial charge on any atom is -0.463 e. The van der Waals surface area contributed by atoms with E-state index in [1.165, 1.54) is 0 Å². The largest absolute Gasteiger partial charge is 0.463 e. The molecule has 0 fully saturated rings. The average molecular weight is 186 g/mol. The zero-order chi connectivity index (χ0) is 10.6. The maximum Gasteiger partial charge on any atom is 0.309 e. The summed E-state index contributed by atoms with van der Waals surface area (Å²) in [6.07, 6.45) is 0.832. The lowest BCUT2D eigenvalue weighted by Crippen LogP contribution is -2.31. The first-order valence-electron chi connectivity index (χ1n) is 4.99. The maximum absolute atomic E-state index is 11.6. The molecule has 0 aliphatic rings. The Kier molecular flexibility index (Phi) is 4.45. The highest BCUT2D eigenvalue weighted by Crippen LogP contribution is 2.29. The Labute approximate surface area is 81.7 Å². The Morgan fingerprint density at radius 3 is 2.00 bits per heavy atom. The van der Waals surface area contributed by atoms with Gasteiger partial charge in [-0.1, -0.05) is 27.7 Å². The predicted molar refractivity (Wildman–Crippen MR) is 54.5 cm³/mol. The van der Waals surface area contributed by atoms with Gasteiger partial charge in [0.2, 0.25) is 0 Å². The fourth-order valence-electron chi connectivity index (χ4n) is 1.45. The second kappa shape index (κ2) is 4.64. The summed E-state index contributed by atoms with van der Waals surface area (Å²) < 4.78 is 5.19. The predicted octanol–water partition coefficient (Wildman–Crippen LogP) is 3.01. The van der Waals surface area contributed by atoms with Gasteiger partial charge >= 0.3 is 5.97 Å². The molecule has 0 heterocycles. The van der Waals surface area contributed by atoms with E-state index in [0.29, 0.717) is 0 Å². The molecule has 0 saturated heterocycles. The number of esters is 1. The molecular weight excluding hydrogens is 164 g/mol. The van der Waals surface area contributed by atoms with Crippen molar-refractivity contribution in [3.63, 3.8) is 0 Å². The summed E-state index contributed by atoms with van der Waals surface area (Å²) in [5, 5.41) is 0. The van der Waals surface area contributed by atoms with Crippen molar-refractivity contribution in [3.05, 3.63) is 0 Å². The van der Waals surface area contributed by atoms with Crippen molar-refractivity contribution in [2.45, 2.75) is 54.1 Å². The second-order valence-electron chi connectivity index (χ2n) is 4.81. The van der Waals surface area contributed by atoms with Gasteiger partial charge in [-0.3, -0.25) is 4.79 Å². The van der Waals surface area contributed by atoms with Crippen LogP contribution < -0.4 is 0 Å². The number of ether oxygens (including phenoxy) is 1. The maximum atomic E-state index is 11.6. The Morgan fingerprint density at radius 2 is 1.77 bits per heavy atom. The van der Waals surface area contributed by atoms with Gasteiger partial charge in [0.05, 0.1) is 12.0 Å². The van der Waals surface area contributed by atoms with Crippen LogP contribution in [0.1, 0.15) is 48.0 Å². The molecule has 13 heavy (non-hydrogen) atoms. The van der Waals surface area contributed by atoms with Crippen molar-refractivity contribution < 1.29 is 9.53 Å². The van der Waals surface area contributed by atoms with E-state index in [4.69, 9.17) is 4.74 Å². The summed E-state index contributed by atoms with van der Waals surface area (Å²) in [6, 6.07) is 0. The van der Waals surface area contributed by atoms with Gasteiger partial charge in [0, 0.05) is 0 Å². The quantitative estimate of drug-likeness (QED) is 0.633. The van der Waals surface area contributed by atoms with Gasteiger partial charge in [0.15, 0.2) is 0 Å². The molecule has 0 radical (unpaired) electrons. The zero-order valence-corrected chi connectivity index (χ0v) is 9.68. The van der Waals surface area contributed by atoms with Crippen molar-refractivity contribution in [3.8, 4) is 0 Å². The van der Waals surface area contributed by atoms with Crippen LogP contribution in [0.4, 0.5) is 0 Å². The second-order valence-corrected chi connectivity index (χ2v) is 4.81. The standard InChI is InChI=1S/C11H22O2/c1-7-9(11(4,5)6)10(12)13-8(2)3/h8-9H,7H2,1-6H3. The molecule has 0 N–H and O–H groups in total. The number of carbonyl (C=O) groups excluding carboxylic acids is 1. The molecular formula is C11H22O2. The van der Waals surface area contributed by atoms with Gasteiger partial charge in [-0.15, -0.1) is 0 Å². The smallest absolute Gasteiger partial charge is 0.309 e. The molecule has 0 spiro atoms. The van der Waals surface area contributed by atoms with Crippen LogP contribution >= 0.6 is 0 Å². The van der Waals surface area contributed by atoms with Gasteiger partial charge in [-0.2, -0.15) is 0 Å². The van der Waals surface area contributed by atoms with Crippen LogP contribution in [-0.4, -0.2) is 12.1 Å². The summed E-state index contributed by atoms with van der Waals surface area (Å²) >= 11 is 0. The van der Waals surface area contributed by atoms with Crippen molar-refractivity contribution in [2.75, 3.05) is 0 Å². The van der Waals surface area contributed by atoms with E-state index < -0.39 is 0 Å². The van der Waals surface area contributed by atoms with E-state index >= 15 is 0 Å². The summed E-state index contributed by atoms with van der Waals surface area (Å²) in [4.78, 5) is 11.6. The highest BCUT2D eigenvalue weighted by atomic mass is 16.5. The van der Waals surface area contributed by atoms with Crippen LogP contribution in [0.15, 0.2) is 0 Å². The molecule has 0 aliphatic carbocycles. The lowest BCUT2D eigenvalue weighted by Gasteiger charge is -2.28. The van der Waals surface area contributed by atoms with E-state index in [0.717, 1.165) is 6.42 Å². The highest BCUT2D eigenvalue weighted by Gasteiger charge is 2.31. The number of hydrogen-bond acceptors (Lipinski definition) is 2. The van der Waals surface area contributed by atoms with Gasteiger partial charge in [-0.25, -0.2) is 0 Å². The van der Waals surface area contributed by atoms with Crippen molar-refractivity contribution in [1.29, 1.82) is 0 Å². The normalized spacial score (nSPS) is 14.4. The summed E-state index contributed by atoms with van der Waals surface area (Å²) in [6.45, 7) is 12.0. The Bertz CT molecular complexity index is 165. The molecule has 1 atom stereocenters. The molecule has 0 aliphatic heterocycles. The van der Waals surface area contributed by atoms with Crippen molar-refractivity contribution in [1.82, 2.24) is 0 Å². The molecule has 1 unspecified atom stereocenters. The van der Waals surface area contributed by atoms with Crippen LogP contribution in [0, 0.1) is 11.3 Å². The first-order chi connectivity index (χ1) is 5.79. The number of hydrogen-bond donors (Lipinski definition) is 0. The number of carbonyl (C=O) groups is 1. The van der Waals surface area contributed by atoms with Crippen LogP contribution in [-0.2, 0) is 9.53 Å². The molecule has 0 rings (SSSR count). The van der Waals surface area contributed by atoms with Crippen LogP contribution in [0.2, 0.25) is 0 Å². The summed E-state index contributed by atoms with van der Waals surface area (Å²) in [7, 11) is 0. The molecule has 78 valence electrons. The molecule has 0 aromatic heterocycles. The van der Waals surface area contributed by atoms with E-state index in [2.05, 4.69) is 20.8 Å². The van der Waals surface area contributed by atoms with E-state index in [-0.39, 0.29) is 23.4 Å². The van der Waals surface area contributed by atoms with Gasteiger partial charge in [-0.05, 0) is 25.7 Å². The fourth-order valence-corrected chi connectivity index (χ4v) is 1.45. The Hall–Kier alpha value is -0.530. The highest BCUT2D eigenvalue weighted by molar-refractivity contribution is 5.73. The molecule has 0 aromatic carbocycles. The van der Waals surface area contributed by atoms with Gasteiger partial charge < -0.3 is 4.74 Å². The summed E-state index contributed by atoms with van der Waals surface area (Å²) in [5.74, 6) is -0.0556. The third-order valence-corrected chi connectivity index (χ3v) is 2.09. The van der Waals surface area contributed by atoms with E-state index in [1.54, 1.807) is 0 Å². The molecule has 2 heteroatoms. The lowest BCUT2D eigenvalue weighted by molar-refractivity contribution is -0.156. The van der Waals surface area contributed by atoms with Crippen LogP contribution in [0.5, 0.6) is 0 Å². The first kappa shape index (κ1) is 12.5. The average Bonchev–Trinajstić information content (AvgIpc) is 1.82. The topological polar surface area (TPSA) is 26.3 Å². The monoisotopic (exact) mass is 186 g/mol.